The fourth-order valence-corrected chi connectivity index (χ4v) is 4.29. The molecular formula is C34H29BrN2O6. The molecule has 0 aliphatic heterocycles. The topological polar surface area (TPSA) is 103 Å². The Kier molecular flexibility index (Phi) is 10.5. The van der Waals surface area contributed by atoms with Crippen LogP contribution in [-0.4, -0.2) is 38.9 Å². The van der Waals surface area contributed by atoms with Gasteiger partial charge in [0.1, 0.15) is 11.4 Å². The number of anilines is 1. The molecule has 9 heteroatoms. The van der Waals surface area contributed by atoms with Gasteiger partial charge >= 0.3 is 0 Å². The second-order valence-corrected chi connectivity index (χ2v) is 10.0. The summed E-state index contributed by atoms with van der Waals surface area (Å²) < 4.78 is 17.2. The molecule has 43 heavy (non-hydrogen) atoms. The molecule has 2 amide bonds. The number of nitrogens with one attached hydrogen (secondary N) is 2. The minimum atomic E-state index is -0.588. The van der Waals surface area contributed by atoms with Crippen LogP contribution in [0, 0.1) is 0 Å². The Bertz CT molecular complexity index is 1660. The molecule has 0 unspecified atom stereocenters. The van der Waals surface area contributed by atoms with Gasteiger partial charge in [0.25, 0.3) is 11.8 Å². The zero-order valence-corrected chi connectivity index (χ0v) is 25.3. The summed E-state index contributed by atoms with van der Waals surface area (Å²) in [5, 5.41) is 5.49. The number of methoxy groups -OCH3 is 3. The molecule has 2 N–H and O–H groups in total. The maximum Gasteiger partial charge on any atom is 0.272 e. The first-order valence-corrected chi connectivity index (χ1v) is 13.9. The van der Waals surface area contributed by atoms with E-state index in [1.807, 2.05) is 24.3 Å². The molecule has 0 aliphatic rings. The van der Waals surface area contributed by atoms with Gasteiger partial charge in [0, 0.05) is 32.9 Å². The summed E-state index contributed by atoms with van der Waals surface area (Å²) in [7, 11) is 4.48. The van der Waals surface area contributed by atoms with Crippen LogP contribution < -0.4 is 24.8 Å². The average Bonchev–Trinajstić information content (AvgIpc) is 3.04. The van der Waals surface area contributed by atoms with Crippen LogP contribution in [0.5, 0.6) is 17.2 Å². The molecule has 0 aromatic heterocycles. The molecule has 218 valence electrons. The molecule has 0 heterocycles. The van der Waals surface area contributed by atoms with Gasteiger partial charge in [0.05, 0.1) is 21.3 Å². The summed E-state index contributed by atoms with van der Waals surface area (Å²) in [5.41, 5.74) is 2.57. The number of amides is 2. The fourth-order valence-electron chi connectivity index (χ4n) is 4.02. The number of allylic oxidation sites excluding steroid dienone is 1. The van der Waals surface area contributed by atoms with Crippen molar-refractivity contribution in [2.75, 3.05) is 26.6 Å². The van der Waals surface area contributed by atoms with E-state index >= 15 is 0 Å². The van der Waals surface area contributed by atoms with Gasteiger partial charge in [-0.25, -0.2) is 0 Å². The van der Waals surface area contributed by atoms with Crippen molar-refractivity contribution >= 4 is 51.4 Å². The van der Waals surface area contributed by atoms with Crippen molar-refractivity contribution in [3.63, 3.8) is 0 Å². The van der Waals surface area contributed by atoms with Crippen LogP contribution in [0.15, 0.2) is 107 Å². The Morgan fingerprint density at radius 2 is 1.35 bits per heavy atom. The second-order valence-electron chi connectivity index (χ2n) is 9.11. The summed E-state index contributed by atoms with van der Waals surface area (Å²) >= 11 is 3.39. The van der Waals surface area contributed by atoms with E-state index in [9.17, 15) is 14.4 Å². The van der Waals surface area contributed by atoms with Crippen molar-refractivity contribution in [3.8, 4) is 17.2 Å². The van der Waals surface area contributed by atoms with E-state index in [2.05, 4.69) is 26.6 Å². The molecule has 0 saturated carbocycles. The monoisotopic (exact) mass is 640 g/mol. The van der Waals surface area contributed by atoms with Gasteiger partial charge in [-0.05, 0) is 72.3 Å². The summed E-state index contributed by atoms with van der Waals surface area (Å²) in [4.78, 5) is 39.2. The molecule has 0 radical (unpaired) electrons. The molecule has 0 spiro atoms. The summed E-state index contributed by atoms with van der Waals surface area (Å²) in [5.74, 6) is 0.0126. The Morgan fingerprint density at radius 3 is 1.98 bits per heavy atom. The number of benzene rings is 4. The van der Waals surface area contributed by atoms with E-state index in [1.54, 1.807) is 72.8 Å². The van der Waals surface area contributed by atoms with Crippen molar-refractivity contribution in [2.24, 2.45) is 0 Å². The zero-order chi connectivity index (χ0) is 30.8. The van der Waals surface area contributed by atoms with Gasteiger partial charge in [-0.1, -0.05) is 52.3 Å². The van der Waals surface area contributed by atoms with E-state index in [0.717, 1.165) is 10.0 Å². The normalized spacial score (nSPS) is 11.1. The highest BCUT2D eigenvalue weighted by atomic mass is 79.9. The molecule has 0 saturated heterocycles. The van der Waals surface area contributed by atoms with Crippen LogP contribution in [0.25, 0.3) is 12.2 Å². The minimum Gasteiger partial charge on any atom is -0.496 e. The quantitative estimate of drug-likeness (QED) is 0.138. The number of rotatable bonds is 11. The van der Waals surface area contributed by atoms with Gasteiger partial charge in [-0.2, -0.15) is 0 Å². The minimum absolute atomic E-state index is 0.0445. The molecule has 4 rings (SSSR count). The van der Waals surface area contributed by atoms with Crippen LogP contribution >= 0.6 is 15.9 Å². The number of ether oxygens (including phenoxy) is 3. The highest BCUT2D eigenvalue weighted by molar-refractivity contribution is 9.10. The number of carbonyl (C=O) groups is 3. The van der Waals surface area contributed by atoms with Crippen molar-refractivity contribution in [2.45, 2.75) is 0 Å². The standard InChI is InChI=1S/C34H29BrN2O6/c1-41-30-21-32(43-3)31(42-2)20-25(30)19-28(37-33(39)24-7-5-4-6-8-24)34(40)36-27-16-12-23(13-17-27)29(38)18-11-22-9-14-26(35)15-10-22/h4-21H,1-3H3,(H,36,40)(H,37,39)/b18-11+,28-19-. The lowest BCUT2D eigenvalue weighted by Gasteiger charge is -2.15. The van der Waals surface area contributed by atoms with Crippen molar-refractivity contribution in [3.05, 3.63) is 129 Å². The van der Waals surface area contributed by atoms with Crippen molar-refractivity contribution in [1.29, 1.82) is 0 Å². The maximum atomic E-state index is 13.5. The molecular weight excluding hydrogens is 612 g/mol. The molecule has 4 aromatic carbocycles. The highest BCUT2D eigenvalue weighted by Crippen LogP contribution is 2.35. The smallest absolute Gasteiger partial charge is 0.272 e. The number of ketones is 1. The van der Waals surface area contributed by atoms with Gasteiger partial charge in [0.2, 0.25) is 0 Å². The Morgan fingerprint density at radius 1 is 0.721 bits per heavy atom. The van der Waals surface area contributed by atoms with E-state index in [0.29, 0.717) is 39.6 Å². The van der Waals surface area contributed by atoms with Crippen molar-refractivity contribution < 1.29 is 28.6 Å². The van der Waals surface area contributed by atoms with Gasteiger partial charge in [0.15, 0.2) is 17.3 Å². The SMILES string of the molecule is COc1cc(OC)c(OC)cc1/C=C(\NC(=O)c1ccccc1)C(=O)Nc1ccc(C(=O)/C=C/c2ccc(Br)cc2)cc1. The summed E-state index contributed by atoms with van der Waals surface area (Å²) in [6.45, 7) is 0. The Labute approximate surface area is 258 Å². The second kappa shape index (κ2) is 14.7. The lowest BCUT2D eigenvalue weighted by molar-refractivity contribution is -0.113. The van der Waals surface area contributed by atoms with Gasteiger partial charge in [-0.3, -0.25) is 14.4 Å². The third kappa shape index (κ3) is 8.21. The largest absolute Gasteiger partial charge is 0.496 e. The molecule has 0 fully saturated rings. The molecule has 0 aliphatic carbocycles. The van der Waals surface area contributed by atoms with E-state index < -0.39 is 11.8 Å². The third-order valence-corrected chi connectivity index (χ3v) is 6.82. The molecule has 4 aromatic rings. The number of carbonyl (C=O) groups excluding carboxylic acids is 3. The van der Waals surface area contributed by atoms with Crippen LogP contribution in [0.1, 0.15) is 31.8 Å². The van der Waals surface area contributed by atoms with Gasteiger partial charge in [-0.15, -0.1) is 0 Å². The van der Waals surface area contributed by atoms with Crippen LogP contribution in [0.2, 0.25) is 0 Å². The predicted molar refractivity (Wildman–Crippen MR) is 171 cm³/mol. The highest BCUT2D eigenvalue weighted by Gasteiger charge is 2.18. The first kappa shape index (κ1) is 30.8. The first-order valence-electron chi connectivity index (χ1n) is 13.1. The predicted octanol–water partition coefficient (Wildman–Crippen LogP) is 6.78. The number of hydrogen-bond donors (Lipinski definition) is 2. The first-order chi connectivity index (χ1) is 20.8. The summed E-state index contributed by atoms with van der Waals surface area (Å²) in [6.07, 6.45) is 4.72. The fraction of sp³-hybridized carbons (Fsp3) is 0.0882. The van der Waals surface area contributed by atoms with E-state index in [1.165, 1.54) is 33.5 Å². The Hall–Kier alpha value is -5.15. The lowest BCUT2D eigenvalue weighted by Crippen LogP contribution is -2.30. The molecule has 0 atom stereocenters. The van der Waals surface area contributed by atoms with Crippen LogP contribution in [-0.2, 0) is 4.79 Å². The molecule has 8 nitrogen and oxygen atoms in total. The molecule has 0 bridgehead atoms. The average molecular weight is 642 g/mol. The third-order valence-electron chi connectivity index (χ3n) is 6.29. The zero-order valence-electron chi connectivity index (χ0n) is 23.7. The van der Waals surface area contributed by atoms with E-state index in [4.69, 9.17) is 14.2 Å². The maximum absolute atomic E-state index is 13.5. The summed E-state index contributed by atoms with van der Waals surface area (Å²) in [6, 6.07) is 25.9. The van der Waals surface area contributed by atoms with Crippen LogP contribution in [0.3, 0.4) is 0 Å². The Balaban J connectivity index is 1.58. The van der Waals surface area contributed by atoms with E-state index in [-0.39, 0.29) is 11.5 Å². The number of halogens is 1. The van der Waals surface area contributed by atoms with Gasteiger partial charge < -0.3 is 24.8 Å². The van der Waals surface area contributed by atoms with Crippen LogP contribution in [0.4, 0.5) is 5.69 Å². The van der Waals surface area contributed by atoms with Crippen molar-refractivity contribution in [1.82, 2.24) is 5.32 Å². The lowest BCUT2D eigenvalue weighted by atomic mass is 10.1. The number of hydrogen-bond acceptors (Lipinski definition) is 6.